The molecule has 3 heteroatoms. The first-order valence-corrected chi connectivity index (χ1v) is 9.38. The molecule has 0 saturated carbocycles. The molecule has 0 fully saturated rings. The van der Waals surface area contributed by atoms with Crippen molar-refractivity contribution in [3.05, 3.63) is 12.2 Å². The molecule has 0 aromatic heterocycles. The van der Waals surface area contributed by atoms with E-state index >= 15 is 0 Å². The predicted molar refractivity (Wildman–Crippen MR) is 73.6 cm³/mol. The lowest BCUT2D eigenvalue weighted by Gasteiger charge is -2.38. The smallest absolute Gasteiger partial charge is 0.192 e. The monoisotopic (exact) mass is 324 g/mol. The van der Waals surface area contributed by atoms with Crippen molar-refractivity contribution in [1.82, 2.24) is 0 Å². The molecule has 0 spiro atoms. The summed E-state index contributed by atoms with van der Waals surface area (Å²) in [6.45, 7) is 11.5. The van der Waals surface area contributed by atoms with Crippen LogP contribution in [0, 0.1) is 0 Å². The second-order valence-corrected chi connectivity index (χ2v) is 11.9. The Labute approximate surface area is 103 Å². The highest BCUT2D eigenvalue weighted by molar-refractivity contribution is 14.1. The van der Waals surface area contributed by atoms with Gasteiger partial charge in [0.2, 0.25) is 0 Å². The van der Waals surface area contributed by atoms with Gasteiger partial charge in [-0.1, -0.05) is 55.5 Å². The van der Waals surface area contributed by atoms with Gasteiger partial charge in [-0.05, 0) is 24.6 Å². The van der Waals surface area contributed by atoms with Crippen molar-refractivity contribution >= 4 is 30.9 Å². The number of rotatable bonds is 2. The van der Waals surface area contributed by atoms with Crippen LogP contribution in [0.15, 0.2) is 12.2 Å². The van der Waals surface area contributed by atoms with Gasteiger partial charge in [0.1, 0.15) is 0 Å². The van der Waals surface area contributed by atoms with E-state index in [1.54, 1.807) is 0 Å². The molecule has 0 aliphatic heterocycles. The fourth-order valence-electron chi connectivity index (χ4n) is 1.27. The molecule has 0 saturated heterocycles. The third-order valence-electron chi connectivity index (χ3n) is 3.24. The Hall–Kier alpha value is 0.647. The minimum atomic E-state index is -1.55. The van der Waals surface area contributed by atoms with Crippen molar-refractivity contribution < 1.29 is 4.43 Å². The van der Waals surface area contributed by atoms with Gasteiger partial charge < -0.3 is 4.43 Å². The largest absolute Gasteiger partial charge is 0.411 e. The zero-order chi connectivity index (χ0) is 11.0. The maximum absolute atomic E-state index is 6.28. The van der Waals surface area contributed by atoms with Gasteiger partial charge in [-0.15, -0.1) is 0 Å². The van der Waals surface area contributed by atoms with Crippen LogP contribution in [0.4, 0.5) is 0 Å². The van der Waals surface area contributed by atoms with E-state index in [0.29, 0.717) is 15.1 Å². The Morgan fingerprint density at radius 1 is 1.29 bits per heavy atom. The maximum atomic E-state index is 6.28. The molecule has 1 rings (SSSR count). The molecule has 0 bridgehead atoms. The molecular formula is C11H21IOSi. The Morgan fingerprint density at radius 3 is 2.21 bits per heavy atom. The summed E-state index contributed by atoms with van der Waals surface area (Å²) in [6.07, 6.45) is 6.03. The SMILES string of the molecule is CC(C)(C)[Si](C)(C)OC1C=CC(I)C1. The number of hydrogen-bond donors (Lipinski definition) is 0. The molecule has 82 valence electrons. The minimum absolute atomic E-state index is 0.324. The topological polar surface area (TPSA) is 9.23 Å². The minimum Gasteiger partial charge on any atom is -0.411 e. The first-order valence-electron chi connectivity index (χ1n) is 5.22. The molecule has 14 heavy (non-hydrogen) atoms. The lowest BCUT2D eigenvalue weighted by atomic mass is 10.2. The highest BCUT2D eigenvalue weighted by Gasteiger charge is 2.39. The van der Waals surface area contributed by atoms with E-state index < -0.39 is 8.32 Å². The van der Waals surface area contributed by atoms with Crippen LogP contribution in [-0.4, -0.2) is 18.3 Å². The quantitative estimate of drug-likeness (QED) is 0.321. The summed E-state index contributed by atoms with van der Waals surface area (Å²) in [7, 11) is -1.55. The van der Waals surface area contributed by atoms with E-state index in [9.17, 15) is 0 Å². The second kappa shape index (κ2) is 4.26. The van der Waals surface area contributed by atoms with Crippen molar-refractivity contribution in [3.8, 4) is 0 Å². The molecule has 0 amide bonds. The van der Waals surface area contributed by atoms with Crippen LogP contribution in [0.25, 0.3) is 0 Å². The number of allylic oxidation sites excluding steroid dienone is 1. The van der Waals surface area contributed by atoms with Crippen molar-refractivity contribution in [3.63, 3.8) is 0 Å². The van der Waals surface area contributed by atoms with Crippen LogP contribution >= 0.6 is 22.6 Å². The van der Waals surface area contributed by atoms with E-state index in [0.717, 1.165) is 6.42 Å². The Kier molecular flexibility index (Phi) is 3.87. The summed E-state index contributed by atoms with van der Waals surface area (Å²) in [5.74, 6) is 0. The fourth-order valence-corrected chi connectivity index (χ4v) is 3.29. The summed E-state index contributed by atoms with van der Waals surface area (Å²) < 4.78 is 6.95. The zero-order valence-electron chi connectivity index (χ0n) is 9.80. The van der Waals surface area contributed by atoms with Gasteiger partial charge in [0.15, 0.2) is 8.32 Å². The van der Waals surface area contributed by atoms with Crippen LogP contribution in [0.3, 0.4) is 0 Å². The number of hydrogen-bond acceptors (Lipinski definition) is 1. The molecule has 1 aliphatic carbocycles. The van der Waals surface area contributed by atoms with E-state index in [1.165, 1.54) is 0 Å². The fraction of sp³-hybridized carbons (Fsp3) is 0.818. The third-order valence-corrected chi connectivity index (χ3v) is 8.67. The average Bonchev–Trinajstić information content (AvgIpc) is 2.31. The molecule has 2 unspecified atom stereocenters. The normalized spacial score (nSPS) is 28.4. The van der Waals surface area contributed by atoms with Gasteiger partial charge >= 0.3 is 0 Å². The molecule has 0 heterocycles. The van der Waals surface area contributed by atoms with Crippen molar-refractivity contribution in [2.45, 2.75) is 55.4 Å². The van der Waals surface area contributed by atoms with E-state index in [1.807, 2.05) is 0 Å². The Bertz CT molecular complexity index is 230. The standard InChI is InChI=1S/C11H21IOSi/c1-11(2,3)14(4,5)13-10-7-6-9(12)8-10/h6-7,9-10H,8H2,1-5H3. The first-order chi connectivity index (χ1) is 6.22. The molecule has 1 nitrogen and oxygen atoms in total. The Balaban J connectivity index is 2.56. The molecular weight excluding hydrogens is 303 g/mol. The highest BCUT2D eigenvalue weighted by Crippen LogP contribution is 2.38. The summed E-state index contributed by atoms with van der Waals surface area (Å²) in [4.78, 5) is 0. The highest BCUT2D eigenvalue weighted by atomic mass is 127. The predicted octanol–water partition coefficient (Wildman–Crippen LogP) is 4.14. The third kappa shape index (κ3) is 3.07. The van der Waals surface area contributed by atoms with Gasteiger partial charge in [-0.2, -0.15) is 0 Å². The van der Waals surface area contributed by atoms with Gasteiger partial charge in [-0.3, -0.25) is 0 Å². The Morgan fingerprint density at radius 2 is 1.86 bits per heavy atom. The van der Waals surface area contributed by atoms with Crippen LogP contribution in [0.2, 0.25) is 18.1 Å². The van der Waals surface area contributed by atoms with Gasteiger partial charge in [-0.25, -0.2) is 0 Å². The molecule has 0 N–H and O–H groups in total. The van der Waals surface area contributed by atoms with E-state index in [4.69, 9.17) is 4.43 Å². The molecule has 1 aliphatic rings. The molecule has 0 aromatic carbocycles. The van der Waals surface area contributed by atoms with Crippen LogP contribution < -0.4 is 0 Å². The summed E-state index contributed by atoms with van der Waals surface area (Å²) >= 11 is 2.47. The van der Waals surface area contributed by atoms with Crippen LogP contribution in [0.1, 0.15) is 27.2 Å². The lowest BCUT2D eigenvalue weighted by Crippen LogP contribution is -2.43. The van der Waals surface area contributed by atoms with Crippen molar-refractivity contribution in [2.75, 3.05) is 0 Å². The summed E-state index contributed by atoms with van der Waals surface area (Å²) in [5.41, 5.74) is 0. The maximum Gasteiger partial charge on any atom is 0.192 e. The number of alkyl halides is 1. The molecule has 0 aromatic rings. The van der Waals surface area contributed by atoms with Gasteiger partial charge in [0.25, 0.3) is 0 Å². The van der Waals surface area contributed by atoms with Crippen molar-refractivity contribution in [1.29, 1.82) is 0 Å². The summed E-state index contributed by atoms with van der Waals surface area (Å²) in [6, 6.07) is 0. The number of halogens is 1. The van der Waals surface area contributed by atoms with E-state index in [2.05, 4.69) is 68.6 Å². The van der Waals surface area contributed by atoms with Gasteiger partial charge in [0, 0.05) is 3.92 Å². The van der Waals surface area contributed by atoms with Gasteiger partial charge in [0.05, 0.1) is 6.10 Å². The van der Waals surface area contributed by atoms with E-state index in [-0.39, 0.29) is 0 Å². The average molecular weight is 324 g/mol. The lowest BCUT2D eigenvalue weighted by molar-refractivity contribution is 0.226. The van der Waals surface area contributed by atoms with Crippen molar-refractivity contribution in [2.24, 2.45) is 0 Å². The first kappa shape index (κ1) is 12.7. The van der Waals surface area contributed by atoms with Crippen LogP contribution in [0.5, 0.6) is 0 Å². The molecule has 2 atom stereocenters. The zero-order valence-corrected chi connectivity index (χ0v) is 13.0. The summed E-state index contributed by atoms with van der Waals surface area (Å²) in [5, 5.41) is 0.324. The second-order valence-electron chi connectivity index (χ2n) is 5.55. The molecule has 0 radical (unpaired) electrons. The van der Waals surface area contributed by atoms with Crippen LogP contribution in [-0.2, 0) is 4.43 Å².